The van der Waals surface area contributed by atoms with Crippen molar-refractivity contribution < 1.29 is 19.1 Å². The van der Waals surface area contributed by atoms with Gasteiger partial charge in [0, 0.05) is 19.0 Å². The van der Waals surface area contributed by atoms with E-state index in [-0.39, 0.29) is 30.8 Å². The van der Waals surface area contributed by atoms with E-state index < -0.39 is 6.04 Å². The molecule has 0 fully saturated rings. The van der Waals surface area contributed by atoms with Gasteiger partial charge in [-0.1, -0.05) is 35.3 Å². The summed E-state index contributed by atoms with van der Waals surface area (Å²) in [6.07, 6.45) is 0.738. The minimum atomic E-state index is -0.649. The number of hydrogen-bond donors (Lipinski definition) is 1. The lowest BCUT2D eigenvalue weighted by Crippen LogP contribution is -2.49. The summed E-state index contributed by atoms with van der Waals surface area (Å²) in [4.78, 5) is 27.6. The Bertz CT molecular complexity index is 981. The Balaban J connectivity index is 2.20. The summed E-state index contributed by atoms with van der Waals surface area (Å²) < 4.78 is 11.3. The molecule has 2 rings (SSSR count). The molecule has 0 aliphatic heterocycles. The zero-order valence-corrected chi connectivity index (χ0v) is 22.0. The highest BCUT2D eigenvalue weighted by molar-refractivity contribution is 6.42. The van der Waals surface area contributed by atoms with Crippen molar-refractivity contribution in [2.45, 2.75) is 66.1 Å². The number of nitrogens with one attached hydrogen (secondary N) is 1. The van der Waals surface area contributed by atoms with Gasteiger partial charge in [-0.15, -0.1) is 0 Å². The fraction of sp³-hybridized carbons (Fsp3) is 0.462. The van der Waals surface area contributed by atoms with Gasteiger partial charge in [-0.2, -0.15) is 0 Å². The van der Waals surface area contributed by atoms with Crippen molar-refractivity contribution in [2.75, 3.05) is 13.2 Å². The van der Waals surface area contributed by atoms with Crippen molar-refractivity contribution >= 4 is 35.0 Å². The van der Waals surface area contributed by atoms with Gasteiger partial charge < -0.3 is 19.7 Å². The molecule has 34 heavy (non-hydrogen) atoms. The van der Waals surface area contributed by atoms with E-state index >= 15 is 0 Å². The Labute approximate surface area is 212 Å². The van der Waals surface area contributed by atoms with Crippen molar-refractivity contribution in [2.24, 2.45) is 0 Å². The molecule has 0 bridgehead atoms. The Morgan fingerprint density at radius 2 is 1.56 bits per heavy atom. The number of halogens is 2. The van der Waals surface area contributed by atoms with Crippen molar-refractivity contribution in [3.05, 3.63) is 57.6 Å². The van der Waals surface area contributed by atoms with Crippen LogP contribution in [0.2, 0.25) is 10.0 Å². The Kier molecular flexibility index (Phi) is 11.0. The molecule has 0 aliphatic rings. The molecule has 2 aromatic rings. The summed E-state index contributed by atoms with van der Waals surface area (Å²) in [7, 11) is 0. The molecule has 0 saturated carbocycles. The number of benzene rings is 2. The van der Waals surface area contributed by atoms with Crippen molar-refractivity contribution in [3.8, 4) is 11.5 Å². The first-order chi connectivity index (χ1) is 16.2. The molecule has 186 valence electrons. The highest BCUT2D eigenvalue weighted by atomic mass is 35.5. The third-order valence-electron chi connectivity index (χ3n) is 5.17. The zero-order chi connectivity index (χ0) is 25.3. The van der Waals surface area contributed by atoms with Gasteiger partial charge in [-0.3, -0.25) is 9.59 Å². The van der Waals surface area contributed by atoms with Crippen LogP contribution in [0.1, 0.15) is 52.2 Å². The summed E-state index contributed by atoms with van der Waals surface area (Å²) in [6, 6.07) is 10.2. The zero-order valence-electron chi connectivity index (χ0n) is 20.5. The molecular weight excluding hydrogens is 475 g/mol. The lowest BCUT2D eigenvalue weighted by molar-refractivity contribution is -0.140. The third-order valence-corrected chi connectivity index (χ3v) is 5.91. The summed E-state index contributed by atoms with van der Waals surface area (Å²) >= 11 is 12.2. The SMILES string of the molecule is CCOc1ccc(CCC(=O)N(Cc2ccc(Cl)c(Cl)c2)[C@H](C)C(=O)NC(C)C)cc1OCC. The van der Waals surface area contributed by atoms with E-state index in [1.54, 1.807) is 24.0 Å². The van der Waals surface area contributed by atoms with Crippen LogP contribution < -0.4 is 14.8 Å². The first-order valence-corrected chi connectivity index (χ1v) is 12.3. The predicted molar refractivity (Wildman–Crippen MR) is 137 cm³/mol. The average molecular weight is 509 g/mol. The number of carbonyl (C=O) groups excluding carboxylic acids is 2. The van der Waals surface area contributed by atoms with Crippen LogP contribution in [0.4, 0.5) is 0 Å². The number of nitrogens with zero attached hydrogens (tertiary/aromatic N) is 1. The summed E-state index contributed by atoms with van der Waals surface area (Å²) in [5.74, 6) is 0.999. The second-order valence-electron chi connectivity index (χ2n) is 8.26. The normalized spacial score (nSPS) is 11.8. The number of rotatable bonds is 12. The molecule has 0 heterocycles. The summed E-state index contributed by atoms with van der Waals surface area (Å²) in [5, 5.41) is 3.73. The Hall–Kier alpha value is -2.44. The Morgan fingerprint density at radius 3 is 2.18 bits per heavy atom. The molecule has 0 saturated heterocycles. The lowest BCUT2D eigenvalue weighted by Gasteiger charge is -2.29. The van der Waals surface area contributed by atoms with E-state index in [2.05, 4.69) is 5.32 Å². The number of carbonyl (C=O) groups is 2. The molecule has 8 heteroatoms. The fourth-order valence-corrected chi connectivity index (χ4v) is 3.79. The number of hydrogen-bond acceptors (Lipinski definition) is 4. The van der Waals surface area contributed by atoms with E-state index in [1.807, 2.05) is 52.0 Å². The van der Waals surface area contributed by atoms with Gasteiger partial charge in [-0.05, 0) is 76.4 Å². The van der Waals surface area contributed by atoms with Crippen LogP contribution in [0.25, 0.3) is 0 Å². The van der Waals surface area contributed by atoms with Crippen molar-refractivity contribution in [1.82, 2.24) is 10.2 Å². The van der Waals surface area contributed by atoms with E-state index in [9.17, 15) is 9.59 Å². The van der Waals surface area contributed by atoms with E-state index in [0.29, 0.717) is 41.2 Å². The molecule has 2 aromatic carbocycles. The molecule has 0 spiro atoms. The van der Waals surface area contributed by atoms with Crippen LogP contribution >= 0.6 is 23.2 Å². The van der Waals surface area contributed by atoms with Crippen LogP contribution in [0, 0.1) is 0 Å². The first kappa shape index (κ1) is 27.8. The molecule has 0 radical (unpaired) electrons. The maximum atomic E-state index is 13.3. The lowest BCUT2D eigenvalue weighted by atomic mass is 10.1. The van der Waals surface area contributed by atoms with Crippen LogP contribution in [0.3, 0.4) is 0 Å². The highest BCUT2D eigenvalue weighted by Crippen LogP contribution is 2.29. The molecule has 0 unspecified atom stereocenters. The minimum absolute atomic E-state index is 0.0299. The van der Waals surface area contributed by atoms with Crippen molar-refractivity contribution in [3.63, 3.8) is 0 Å². The second-order valence-corrected chi connectivity index (χ2v) is 9.07. The quantitative estimate of drug-likeness (QED) is 0.401. The predicted octanol–water partition coefficient (Wildman–Crippen LogP) is 5.67. The maximum absolute atomic E-state index is 13.3. The maximum Gasteiger partial charge on any atom is 0.242 e. The smallest absolute Gasteiger partial charge is 0.242 e. The van der Waals surface area contributed by atoms with Gasteiger partial charge in [0.2, 0.25) is 11.8 Å². The van der Waals surface area contributed by atoms with E-state index in [4.69, 9.17) is 32.7 Å². The first-order valence-electron chi connectivity index (χ1n) is 11.6. The van der Waals surface area contributed by atoms with Gasteiger partial charge >= 0.3 is 0 Å². The van der Waals surface area contributed by atoms with Crippen LogP contribution in [-0.4, -0.2) is 42.0 Å². The molecule has 1 atom stereocenters. The largest absolute Gasteiger partial charge is 0.490 e. The summed E-state index contributed by atoms with van der Waals surface area (Å²) in [5.41, 5.74) is 1.75. The van der Waals surface area contributed by atoms with Crippen LogP contribution in [0.15, 0.2) is 36.4 Å². The highest BCUT2D eigenvalue weighted by Gasteiger charge is 2.26. The van der Waals surface area contributed by atoms with Crippen LogP contribution in [0.5, 0.6) is 11.5 Å². The molecule has 2 amide bonds. The van der Waals surface area contributed by atoms with E-state index in [0.717, 1.165) is 11.1 Å². The topological polar surface area (TPSA) is 67.9 Å². The second kappa shape index (κ2) is 13.4. The molecule has 1 N–H and O–H groups in total. The van der Waals surface area contributed by atoms with Gasteiger partial charge in [0.05, 0.1) is 23.3 Å². The van der Waals surface area contributed by atoms with Crippen molar-refractivity contribution in [1.29, 1.82) is 0 Å². The molecule has 0 aliphatic carbocycles. The third kappa shape index (κ3) is 8.10. The number of ether oxygens (including phenoxy) is 2. The van der Waals surface area contributed by atoms with Gasteiger partial charge in [0.1, 0.15) is 6.04 Å². The standard InChI is InChI=1S/C26H34Cl2N2O4/c1-6-33-23-12-9-19(15-24(23)34-7-2)10-13-25(31)30(18(5)26(32)29-17(3)4)16-20-8-11-21(27)22(28)14-20/h8-9,11-12,14-15,17-18H,6-7,10,13,16H2,1-5H3,(H,29,32)/t18-/m1/s1. The van der Waals surface area contributed by atoms with E-state index in [1.165, 1.54) is 0 Å². The average Bonchev–Trinajstić information content (AvgIpc) is 2.79. The molecule has 0 aromatic heterocycles. The van der Waals surface area contributed by atoms with Gasteiger partial charge in [0.25, 0.3) is 0 Å². The van der Waals surface area contributed by atoms with Gasteiger partial charge in [0.15, 0.2) is 11.5 Å². The monoisotopic (exact) mass is 508 g/mol. The molecule has 6 nitrogen and oxygen atoms in total. The number of amides is 2. The number of aryl methyl sites for hydroxylation is 1. The molecular formula is C26H34Cl2N2O4. The summed E-state index contributed by atoms with van der Waals surface area (Å²) in [6.45, 7) is 10.6. The fourth-order valence-electron chi connectivity index (χ4n) is 3.47. The minimum Gasteiger partial charge on any atom is -0.490 e. The van der Waals surface area contributed by atoms with Gasteiger partial charge in [-0.25, -0.2) is 0 Å². The Morgan fingerprint density at radius 1 is 0.912 bits per heavy atom. The van der Waals surface area contributed by atoms with Crippen LogP contribution in [-0.2, 0) is 22.6 Å².